The highest BCUT2D eigenvalue weighted by molar-refractivity contribution is 8.76. The van der Waals surface area contributed by atoms with Crippen LogP contribution in [0, 0.1) is 0 Å². The summed E-state index contributed by atoms with van der Waals surface area (Å²) in [4.78, 5) is 30.5. The first-order chi connectivity index (χ1) is 18.7. The fourth-order valence-electron chi connectivity index (χ4n) is 2.68. The van der Waals surface area contributed by atoms with Gasteiger partial charge in [0.15, 0.2) is 0 Å². The van der Waals surface area contributed by atoms with Gasteiger partial charge in [0.25, 0.3) is 0 Å². The molecule has 1 heterocycles. The molecule has 214 valence electrons. The van der Waals surface area contributed by atoms with Gasteiger partial charge in [-0.05, 0) is 34.9 Å². The molecule has 0 saturated heterocycles. The Balaban J connectivity index is 1.76. The van der Waals surface area contributed by atoms with Gasteiger partial charge in [-0.3, -0.25) is 9.59 Å². The lowest BCUT2D eigenvalue weighted by atomic mass is 10.2. The molecule has 0 fully saturated rings. The first-order valence-electron chi connectivity index (χ1n) is 12.6. The van der Waals surface area contributed by atoms with E-state index in [-0.39, 0.29) is 18.1 Å². The SMILES string of the molecule is [N-]=[N+]=NCCOCCOCCOCCNC(=O)CCOCCOCCCC(=O)CCSSc1ccccn1. The van der Waals surface area contributed by atoms with E-state index in [1.165, 1.54) is 0 Å². The smallest absolute Gasteiger partial charge is 0.222 e. The summed E-state index contributed by atoms with van der Waals surface area (Å²) in [6.07, 6.45) is 3.79. The Morgan fingerprint density at radius 3 is 2.26 bits per heavy atom. The van der Waals surface area contributed by atoms with Crippen molar-refractivity contribution in [1.29, 1.82) is 0 Å². The summed E-state index contributed by atoms with van der Waals surface area (Å²) >= 11 is 0. The number of amides is 1. The van der Waals surface area contributed by atoms with E-state index < -0.39 is 0 Å². The highest BCUT2D eigenvalue weighted by Gasteiger charge is 2.04. The van der Waals surface area contributed by atoms with E-state index in [0.29, 0.717) is 98.4 Å². The average Bonchev–Trinajstić information content (AvgIpc) is 2.93. The molecule has 0 bridgehead atoms. The number of Topliss-reactive ketones (excluding diaryl/α,β-unsaturated/α-hetero) is 1. The van der Waals surface area contributed by atoms with Gasteiger partial charge in [0.1, 0.15) is 10.8 Å². The molecule has 0 aliphatic carbocycles. The minimum atomic E-state index is -0.0984. The van der Waals surface area contributed by atoms with Crippen LogP contribution in [0.3, 0.4) is 0 Å². The number of nitrogens with zero attached hydrogens (tertiary/aromatic N) is 4. The number of rotatable bonds is 27. The molecule has 38 heavy (non-hydrogen) atoms. The molecule has 12 nitrogen and oxygen atoms in total. The second kappa shape index (κ2) is 26.7. The third kappa shape index (κ3) is 23.2. The van der Waals surface area contributed by atoms with Crippen LogP contribution in [0.2, 0.25) is 0 Å². The molecule has 0 spiro atoms. The van der Waals surface area contributed by atoms with E-state index in [2.05, 4.69) is 20.3 Å². The molecule has 1 rings (SSSR count). The van der Waals surface area contributed by atoms with Crippen LogP contribution < -0.4 is 5.32 Å². The largest absolute Gasteiger partial charge is 0.379 e. The molecule has 0 radical (unpaired) electrons. The van der Waals surface area contributed by atoms with Crippen molar-refractivity contribution in [2.24, 2.45) is 5.11 Å². The van der Waals surface area contributed by atoms with Crippen molar-refractivity contribution in [1.82, 2.24) is 10.3 Å². The second-order valence-electron chi connectivity index (χ2n) is 7.58. The molecule has 14 heteroatoms. The van der Waals surface area contributed by atoms with Crippen molar-refractivity contribution in [3.63, 3.8) is 0 Å². The number of carbonyl (C=O) groups is 2. The Bertz CT molecular complexity index is 774. The third-order valence-corrected chi connectivity index (χ3v) is 6.81. The summed E-state index contributed by atoms with van der Waals surface area (Å²) in [5, 5.41) is 7.07. The van der Waals surface area contributed by atoms with Crippen LogP contribution in [0.5, 0.6) is 0 Å². The molecule has 1 N–H and O–H groups in total. The predicted octanol–water partition coefficient (Wildman–Crippen LogP) is 3.46. The Morgan fingerprint density at radius 1 is 0.868 bits per heavy atom. The molecule has 1 aromatic heterocycles. The lowest BCUT2D eigenvalue weighted by molar-refractivity contribution is -0.122. The molecule has 0 aliphatic heterocycles. The summed E-state index contributed by atoms with van der Waals surface area (Å²) in [6, 6.07) is 5.78. The zero-order valence-electron chi connectivity index (χ0n) is 21.8. The zero-order valence-corrected chi connectivity index (χ0v) is 23.4. The number of aromatic nitrogens is 1. The van der Waals surface area contributed by atoms with Gasteiger partial charge in [0, 0.05) is 55.8 Å². The van der Waals surface area contributed by atoms with Crippen LogP contribution in [-0.4, -0.2) is 102 Å². The normalized spacial score (nSPS) is 10.7. The van der Waals surface area contributed by atoms with Gasteiger partial charge in [0.05, 0.1) is 59.5 Å². The molecule has 0 saturated carbocycles. The number of hydrogen-bond donors (Lipinski definition) is 1. The van der Waals surface area contributed by atoms with Crippen LogP contribution >= 0.6 is 21.6 Å². The summed E-state index contributed by atoms with van der Waals surface area (Å²) < 4.78 is 26.8. The van der Waals surface area contributed by atoms with Gasteiger partial charge < -0.3 is 29.0 Å². The maximum Gasteiger partial charge on any atom is 0.222 e. The van der Waals surface area contributed by atoms with E-state index >= 15 is 0 Å². The maximum absolute atomic E-state index is 11.9. The lowest BCUT2D eigenvalue weighted by Crippen LogP contribution is -2.28. The van der Waals surface area contributed by atoms with E-state index in [9.17, 15) is 9.59 Å². The van der Waals surface area contributed by atoms with Crippen molar-refractivity contribution in [2.75, 3.05) is 84.9 Å². The summed E-state index contributed by atoms with van der Waals surface area (Å²) in [5.41, 5.74) is 8.12. The van der Waals surface area contributed by atoms with Gasteiger partial charge in [-0.2, -0.15) is 0 Å². The van der Waals surface area contributed by atoms with Crippen molar-refractivity contribution >= 4 is 33.3 Å². The van der Waals surface area contributed by atoms with Crippen LogP contribution in [-0.2, 0) is 33.3 Å². The maximum atomic E-state index is 11.9. The first-order valence-corrected chi connectivity index (χ1v) is 14.9. The Labute approximate surface area is 232 Å². The molecule has 0 aliphatic rings. The molecule has 1 aromatic rings. The number of ketones is 1. The minimum Gasteiger partial charge on any atom is -0.379 e. The van der Waals surface area contributed by atoms with E-state index in [0.717, 1.165) is 10.8 Å². The highest BCUT2D eigenvalue weighted by Crippen LogP contribution is 2.29. The summed E-state index contributed by atoms with van der Waals surface area (Å²) in [6.45, 7) is 4.92. The predicted molar refractivity (Wildman–Crippen MR) is 147 cm³/mol. The van der Waals surface area contributed by atoms with Gasteiger partial charge >= 0.3 is 0 Å². The number of nitrogens with one attached hydrogen (secondary N) is 1. The Morgan fingerprint density at radius 2 is 1.55 bits per heavy atom. The van der Waals surface area contributed by atoms with Crippen molar-refractivity contribution < 1.29 is 33.3 Å². The van der Waals surface area contributed by atoms with Crippen LogP contribution in [0.4, 0.5) is 0 Å². The average molecular weight is 574 g/mol. The number of azide groups is 1. The quantitative estimate of drug-likeness (QED) is 0.0544. The van der Waals surface area contributed by atoms with Gasteiger partial charge in [-0.15, -0.1) is 0 Å². The number of carbonyl (C=O) groups excluding carboxylic acids is 2. The highest BCUT2D eigenvalue weighted by atomic mass is 33.1. The molecule has 1 amide bonds. The standard InChI is InChI=1S/C24H39N5O7S2/c25-29-28-10-14-35-18-20-36-19-17-34-13-9-26-23(31)6-12-33-16-15-32-11-3-4-22(30)7-21-37-38-24-5-1-2-8-27-24/h1-2,5,8H,3-4,6-7,9-21H2,(H,26,31). The summed E-state index contributed by atoms with van der Waals surface area (Å²) in [5.74, 6) is 0.911. The van der Waals surface area contributed by atoms with Crippen LogP contribution in [0.15, 0.2) is 34.5 Å². The number of pyridine rings is 1. The molecular weight excluding hydrogens is 534 g/mol. The lowest BCUT2D eigenvalue weighted by Gasteiger charge is -2.08. The van der Waals surface area contributed by atoms with E-state index in [1.807, 2.05) is 18.2 Å². The monoisotopic (exact) mass is 573 g/mol. The number of ether oxygens (including phenoxy) is 5. The Hall–Kier alpha value is -1.90. The fraction of sp³-hybridized carbons (Fsp3) is 0.708. The zero-order chi connectivity index (χ0) is 27.4. The van der Waals surface area contributed by atoms with Gasteiger partial charge in [0.2, 0.25) is 5.91 Å². The van der Waals surface area contributed by atoms with Crippen LogP contribution in [0.25, 0.3) is 10.4 Å². The molecular formula is C24H39N5O7S2. The van der Waals surface area contributed by atoms with Gasteiger partial charge in [-0.25, -0.2) is 4.98 Å². The second-order valence-corrected chi connectivity index (χ2v) is 10.0. The topological polar surface area (TPSA) is 154 Å². The Kier molecular flexibility index (Phi) is 24.0. The van der Waals surface area contributed by atoms with Crippen molar-refractivity contribution in [3.05, 3.63) is 34.8 Å². The molecule has 0 unspecified atom stereocenters. The first kappa shape index (κ1) is 34.1. The molecule has 0 aromatic carbocycles. The van der Waals surface area contributed by atoms with Gasteiger partial charge in [-0.1, -0.05) is 22.0 Å². The van der Waals surface area contributed by atoms with Crippen LogP contribution in [0.1, 0.15) is 25.7 Å². The number of hydrogen-bond acceptors (Lipinski definition) is 11. The van der Waals surface area contributed by atoms with E-state index in [4.69, 9.17) is 29.2 Å². The fourth-order valence-corrected chi connectivity index (χ4v) is 4.59. The van der Waals surface area contributed by atoms with Crippen molar-refractivity contribution in [3.8, 4) is 0 Å². The minimum absolute atomic E-state index is 0.0984. The third-order valence-electron chi connectivity index (χ3n) is 4.55. The summed E-state index contributed by atoms with van der Waals surface area (Å²) in [7, 11) is 3.22. The van der Waals surface area contributed by atoms with E-state index in [1.54, 1.807) is 27.8 Å². The molecule has 0 atom stereocenters. The van der Waals surface area contributed by atoms with Crippen molar-refractivity contribution in [2.45, 2.75) is 30.7 Å².